The molecule has 2 heterocycles. The van der Waals surface area contributed by atoms with Gasteiger partial charge in [-0.15, -0.1) is 0 Å². The number of rotatable bonds is 6. The number of benzene rings is 14. The minimum atomic E-state index is 1.14. The summed E-state index contributed by atoms with van der Waals surface area (Å²) < 4.78 is 4.82. The van der Waals surface area contributed by atoms with Gasteiger partial charge in [0.15, 0.2) is 0 Å². The molecule has 0 bridgehead atoms. The maximum Gasteiger partial charge on any atom is 0.0541 e. The van der Waals surface area contributed by atoms with Crippen molar-refractivity contribution in [3.05, 3.63) is 279 Å². The van der Waals surface area contributed by atoms with Crippen LogP contribution in [0.3, 0.4) is 0 Å². The molecule has 0 aliphatic heterocycles. The van der Waals surface area contributed by atoms with Crippen LogP contribution >= 0.6 is 0 Å². The van der Waals surface area contributed by atoms with Crippen molar-refractivity contribution in [3.8, 4) is 55.9 Å². The average molecular weight is 963 g/mol. The molecule has 2 aromatic heterocycles. The van der Waals surface area contributed by atoms with E-state index in [4.69, 9.17) is 0 Å². The van der Waals surface area contributed by atoms with E-state index in [1.165, 1.54) is 142 Å². The Hall–Kier alpha value is -10.0. The molecular weight excluding hydrogens is 917 g/mol. The number of hydrogen-bond acceptors (Lipinski definition) is 0. The van der Waals surface area contributed by atoms with Gasteiger partial charge in [-0.1, -0.05) is 218 Å². The molecule has 16 rings (SSSR count). The molecule has 0 N–H and O–H groups in total. The minimum absolute atomic E-state index is 1.14. The van der Waals surface area contributed by atoms with E-state index in [2.05, 4.69) is 288 Å². The predicted molar refractivity (Wildman–Crippen MR) is 324 cm³/mol. The molecule has 352 valence electrons. The van der Waals surface area contributed by atoms with Crippen LogP contribution in [-0.4, -0.2) is 9.13 Å². The van der Waals surface area contributed by atoms with E-state index in [0.717, 1.165) is 11.4 Å². The molecule has 0 spiro atoms. The Labute approximate surface area is 439 Å². The van der Waals surface area contributed by atoms with E-state index in [9.17, 15) is 0 Å². The highest BCUT2D eigenvalue weighted by atomic mass is 15.0. The van der Waals surface area contributed by atoms with Gasteiger partial charge in [-0.2, -0.15) is 0 Å². The smallest absolute Gasteiger partial charge is 0.0541 e. The zero-order valence-corrected chi connectivity index (χ0v) is 41.5. The average Bonchev–Trinajstić information content (AvgIpc) is 4.07. The first-order valence-electron chi connectivity index (χ1n) is 26.3. The predicted octanol–water partition coefficient (Wildman–Crippen LogP) is 20.3. The van der Waals surface area contributed by atoms with Crippen LogP contribution in [0, 0.1) is 0 Å². The van der Waals surface area contributed by atoms with Crippen molar-refractivity contribution < 1.29 is 0 Å². The zero-order valence-electron chi connectivity index (χ0n) is 41.5. The van der Waals surface area contributed by atoms with Crippen LogP contribution < -0.4 is 0 Å². The van der Waals surface area contributed by atoms with E-state index >= 15 is 0 Å². The van der Waals surface area contributed by atoms with Crippen LogP contribution in [0.2, 0.25) is 0 Å². The first-order valence-corrected chi connectivity index (χ1v) is 26.3. The summed E-state index contributed by atoms with van der Waals surface area (Å²) >= 11 is 0. The third kappa shape index (κ3) is 6.35. The first kappa shape index (κ1) is 42.5. The summed E-state index contributed by atoms with van der Waals surface area (Å²) in [4.78, 5) is 0. The van der Waals surface area contributed by atoms with Crippen molar-refractivity contribution in [3.63, 3.8) is 0 Å². The number of nitrogens with zero attached hydrogens (tertiary/aromatic N) is 2. The standard InChI is InChI=1S/C74H46N2/c1-2-18-50-45-51(34-33-47(50)17-1)73-61-25-5-7-27-63(61)74(64-28-8-6-26-62(64)73)52-39-44-65-66(46-52)72(49-37-42-54(43-38-49)76-69-31-15-11-21-57(69)58-22-12-16-32-70(58)76)60-24-4-3-23-59(60)71(65)48-35-40-53(41-36-48)75-67-29-13-9-19-55(67)56-20-10-14-30-68(56)75/h1-46H. The van der Waals surface area contributed by atoms with Gasteiger partial charge < -0.3 is 9.13 Å². The van der Waals surface area contributed by atoms with Gasteiger partial charge in [0, 0.05) is 32.9 Å². The molecule has 0 aliphatic rings. The lowest BCUT2D eigenvalue weighted by Gasteiger charge is -2.21. The second kappa shape index (κ2) is 16.8. The second-order valence-corrected chi connectivity index (χ2v) is 20.3. The number of fused-ring (bicyclic) bond motifs is 11. The van der Waals surface area contributed by atoms with Crippen LogP contribution in [0.25, 0.3) is 153 Å². The molecule has 0 saturated carbocycles. The van der Waals surface area contributed by atoms with Crippen LogP contribution in [0.5, 0.6) is 0 Å². The third-order valence-electron chi connectivity index (χ3n) is 16.3. The first-order chi connectivity index (χ1) is 37.7. The molecule has 2 heteroatoms. The van der Waals surface area contributed by atoms with Crippen LogP contribution in [0.1, 0.15) is 0 Å². The van der Waals surface area contributed by atoms with Crippen molar-refractivity contribution >= 4 is 97.5 Å². The topological polar surface area (TPSA) is 9.86 Å². The van der Waals surface area contributed by atoms with Crippen LogP contribution in [0.15, 0.2) is 279 Å². The Morgan fingerprint density at radius 1 is 0.171 bits per heavy atom. The lowest BCUT2D eigenvalue weighted by atomic mass is 9.82. The molecule has 0 fully saturated rings. The van der Waals surface area contributed by atoms with Gasteiger partial charge in [0.2, 0.25) is 0 Å². The van der Waals surface area contributed by atoms with Gasteiger partial charge in [0.1, 0.15) is 0 Å². The minimum Gasteiger partial charge on any atom is -0.309 e. The molecule has 0 saturated heterocycles. The summed E-state index contributed by atoms with van der Waals surface area (Å²) in [6.07, 6.45) is 0. The van der Waals surface area contributed by atoms with Crippen LogP contribution in [0.4, 0.5) is 0 Å². The number of hydrogen-bond donors (Lipinski definition) is 0. The van der Waals surface area contributed by atoms with Gasteiger partial charge in [-0.25, -0.2) is 0 Å². The lowest BCUT2D eigenvalue weighted by molar-refractivity contribution is 1.18. The molecule has 2 nitrogen and oxygen atoms in total. The largest absolute Gasteiger partial charge is 0.309 e. The quantitative estimate of drug-likeness (QED) is 0.147. The Morgan fingerprint density at radius 2 is 0.447 bits per heavy atom. The van der Waals surface area contributed by atoms with E-state index in [0.29, 0.717) is 0 Å². The molecule has 0 radical (unpaired) electrons. The second-order valence-electron chi connectivity index (χ2n) is 20.3. The Balaban J connectivity index is 0.945. The fourth-order valence-corrected chi connectivity index (χ4v) is 13.0. The summed E-state index contributed by atoms with van der Waals surface area (Å²) in [5, 5.41) is 17.4. The van der Waals surface area contributed by atoms with E-state index in [1.807, 2.05) is 0 Å². The van der Waals surface area contributed by atoms with Crippen LogP contribution in [-0.2, 0) is 0 Å². The highest BCUT2D eigenvalue weighted by Gasteiger charge is 2.22. The maximum absolute atomic E-state index is 2.50. The van der Waals surface area contributed by atoms with E-state index in [-0.39, 0.29) is 0 Å². The Bertz CT molecular complexity index is 4870. The highest BCUT2D eigenvalue weighted by Crippen LogP contribution is 2.49. The Kier molecular flexibility index (Phi) is 9.37. The fourth-order valence-electron chi connectivity index (χ4n) is 13.0. The molecule has 0 atom stereocenters. The van der Waals surface area contributed by atoms with E-state index in [1.54, 1.807) is 0 Å². The highest BCUT2D eigenvalue weighted by molar-refractivity contribution is 6.25. The molecular formula is C74H46N2. The molecule has 76 heavy (non-hydrogen) atoms. The zero-order chi connectivity index (χ0) is 49.8. The monoisotopic (exact) mass is 962 g/mol. The fraction of sp³-hybridized carbons (Fsp3) is 0. The summed E-state index contributed by atoms with van der Waals surface area (Å²) in [7, 11) is 0. The van der Waals surface area contributed by atoms with Crippen molar-refractivity contribution in [1.29, 1.82) is 0 Å². The molecule has 0 amide bonds. The SMILES string of the molecule is c1ccc2cc(-c3c4ccccc4c(-c4ccc5c(-c6ccc(-n7c8ccccc8c8ccccc87)cc6)c6ccccc6c(-c6ccc(-n7c8ccccc8c8ccccc87)cc6)c5c4)c4ccccc34)ccc2c1. The van der Waals surface area contributed by atoms with Gasteiger partial charge in [0.25, 0.3) is 0 Å². The van der Waals surface area contributed by atoms with E-state index < -0.39 is 0 Å². The third-order valence-corrected chi connectivity index (χ3v) is 16.3. The van der Waals surface area contributed by atoms with Gasteiger partial charge >= 0.3 is 0 Å². The normalized spacial score (nSPS) is 11.9. The molecule has 0 unspecified atom stereocenters. The number of para-hydroxylation sites is 4. The summed E-state index contributed by atoms with van der Waals surface area (Å²) in [5.74, 6) is 0. The summed E-state index contributed by atoms with van der Waals surface area (Å²) in [6, 6.07) is 104. The maximum atomic E-state index is 2.50. The Morgan fingerprint density at radius 3 is 0.855 bits per heavy atom. The van der Waals surface area contributed by atoms with Gasteiger partial charge in [-0.05, 0) is 159 Å². The van der Waals surface area contributed by atoms with Crippen molar-refractivity contribution in [1.82, 2.24) is 9.13 Å². The summed E-state index contributed by atoms with van der Waals surface area (Å²) in [5.41, 5.74) is 16.9. The van der Waals surface area contributed by atoms with Gasteiger partial charge in [-0.3, -0.25) is 0 Å². The summed E-state index contributed by atoms with van der Waals surface area (Å²) in [6.45, 7) is 0. The van der Waals surface area contributed by atoms with Gasteiger partial charge in [0.05, 0.1) is 22.1 Å². The molecule has 14 aromatic carbocycles. The van der Waals surface area contributed by atoms with Crippen molar-refractivity contribution in [2.24, 2.45) is 0 Å². The lowest BCUT2D eigenvalue weighted by Crippen LogP contribution is -1.96. The van der Waals surface area contributed by atoms with Crippen molar-refractivity contribution in [2.45, 2.75) is 0 Å². The molecule has 0 aliphatic carbocycles. The molecule has 16 aromatic rings. The van der Waals surface area contributed by atoms with Crippen molar-refractivity contribution in [2.75, 3.05) is 0 Å². The number of aromatic nitrogens is 2.